The first kappa shape index (κ1) is 18.8. The van der Waals surface area contributed by atoms with E-state index in [0.717, 1.165) is 21.7 Å². The summed E-state index contributed by atoms with van der Waals surface area (Å²) in [6.45, 7) is 7.45. The highest BCUT2D eigenvalue weighted by molar-refractivity contribution is 7.89. The van der Waals surface area contributed by atoms with Crippen LogP contribution < -0.4 is 10.3 Å². The van der Waals surface area contributed by atoms with Crippen LogP contribution in [0.25, 0.3) is 4.96 Å². The molecule has 3 aromatic rings. The van der Waals surface area contributed by atoms with E-state index in [0.29, 0.717) is 11.4 Å². The molecule has 6 nitrogen and oxygen atoms in total. The average molecular weight is 392 g/mol. The lowest BCUT2D eigenvalue weighted by Crippen LogP contribution is -2.33. The molecule has 0 atom stereocenters. The average Bonchev–Trinajstić information content (AvgIpc) is 2.83. The van der Waals surface area contributed by atoms with Gasteiger partial charge in [0.15, 0.2) is 9.86 Å². The second-order valence-corrected chi connectivity index (χ2v) is 9.21. The van der Waals surface area contributed by atoms with Crippen molar-refractivity contribution in [3.63, 3.8) is 0 Å². The summed E-state index contributed by atoms with van der Waals surface area (Å²) in [6, 6.07) is 7.91. The van der Waals surface area contributed by atoms with E-state index in [1.165, 1.54) is 15.7 Å². The molecule has 8 heteroatoms. The number of rotatable bonds is 5. The molecule has 0 aliphatic carbocycles. The van der Waals surface area contributed by atoms with Crippen molar-refractivity contribution in [2.24, 2.45) is 0 Å². The fourth-order valence-corrected chi connectivity index (χ4v) is 5.06. The Kier molecular flexibility index (Phi) is 5.01. The summed E-state index contributed by atoms with van der Waals surface area (Å²) in [4.78, 5) is 18.3. The zero-order valence-corrected chi connectivity index (χ0v) is 16.8. The highest BCUT2D eigenvalue weighted by Crippen LogP contribution is 2.20. The number of hydrogen-bond donors (Lipinski definition) is 1. The van der Waals surface area contributed by atoms with E-state index in [4.69, 9.17) is 0 Å². The molecule has 0 radical (unpaired) electrons. The van der Waals surface area contributed by atoms with Crippen LogP contribution in [0.5, 0.6) is 0 Å². The van der Waals surface area contributed by atoms with E-state index in [-0.39, 0.29) is 17.1 Å². The van der Waals surface area contributed by atoms with Gasteiger partial charge in [0.05, 0.1) is 5.69 Å². The Labute approximate surface area is 156 Å². The quantitative estimate of drug-likeness (QED) is 0.725. The Balaban J connectivity index is 1.90. The SMILES string of the molecule is Cc1ccc(CCNS(=O)(=O)c2c(C)nc3sc(C)c(C)n3c2=O)cc1. The van der Waals surface area contributed by atoms with Gasteiger partial charge in [-0.2, -0.15) is 0 Å². The van der Waals surface area contributed by atoms with Gasteiger partial charge in [-0.25, -0.2) is 18.1 Å². The lowest BCUT2D eigenvalue weighted by molar-refractivity contribution is 0.578. The van der Waals surface area contributed by atoms with Crippen molar-refractivity contribution in [3.8, 4) is 0 Å². The molecule has 0 aliphatic heterocycles. The third kappa shape index (κ3) is 3.44. The molecule has 0 saturated carbocycles. The van der Waals surface area contributed by atoms with E-state index in [2.05, 4.69) is 9.71 Å². The lowest BCUT2D eigenvalue weighted by atomic mass is 10.1. The van der Waals surface area contributed by atoms with Crippen LogP contribution in [0.4, 0.5) is 0 Å². The molecule has 0 bridgehead atoms. The molecule has 0 fully saturated rings. The van der Waals surface area contributed by atoms with Gasteiger partial charge in [-0.1, -0.05) is 29.8 Å². The highest BCUT2D eigenvalue weighted by atomic mass is 32.2. The molecule has 2 heterocycles. The van der Waals surface area contributed by atoms with Crippen LogP contribution >= 0.6 is 11.3 Å². The maximum Gasteiger partial charge on any atom is 0.279 e. The number of nitrogens with zero attached hydrogens (tertiary/aromatic N) is 2. The summed E-state index contributed by atoms with van der Waals surface area (Å²) in [6.07, 6.45) is 0.548. The van der Waals surface area contributed by atoms with Crippen LogP contribution in [0.2, 0.25) is 0 Å². The van der Waals surface area contributed by atoms with E-state index in [1.807, 2.05) is 38.1 Å². The van der Waals surface area contributed by atoms with Crippen molar-refractivity contribution in [2.45, 2.75) is 39.0 Å². The number of hydrogen-bond acceptors (Lipinski definition) is 5. The molecule has 1 N–H and O–H groups in total. The molecule has 0 unspecified atom stereocenters. The van der Waals surface area contributed by atoms with Crippen molar-refractivity contribution in [1.29, 1.82) is 0 Å². The third-order valence-corrected chi connectivity index (χ3v) is 7.01. The number of aromatic nitrogens is 2. The monoisotopic (exact) mass is 391 g/mol. The fraction of sp³-hybridized carbons (Fsp3) is 0.333. The largest absolute Gasteiger partial charge is 0.279 e. The standard InChI is InChI=1S/C18H21N3O3S2/c1-11-5-7-15(8-6-11)9-10-19-26(23,24)16-12(2)20-18-21(17(16)22)13(3)14(4)25-18/h5-8,19H,9-10H2,1-4H3. The fourth-order valence-electron chi connectivity index (χ4n) is 2.79. The molecular formula is C18H21N3O3S2. The lowest BCUT2D eigenvalue weighted by Gasteiger charge is -2.09. The molecule has 3 rings (SSSR count). The Morgan fingerprint density at radius 3 is 2.42 bits per heavy atom. The van der Waals surface area contributed by atoms with Gasteiger partial charge in [0.1, 0.15) is 0 Å². The molecule has 138 valence electrons. The summed E-state index contributed by atoms with van der Waals surface area (Å²) in [5.41, 5.74) is 2.58. The van der Waals surface area contributed by atoms with E-state index in [1.54, 1.807) is 13.8 Å². The first-order valence-electron chi connectivity index (χ1n) is 8.25. The Morgan fingerprint density at radius 2 is 1.77 bits per heavy atom. The zero-order chi connectivity index (χ0) is 19.1. The smallest absolute Gasteiger partial charge is 0.267 e. The first-order valence-corrected chi connectivity index (χ1v) is 10.6. The molecule has 0 spiro atoms. The predicted octanol–water partition coefficient (Wildman–Crippen LogP) is 2.51. The zero-order valence-electron chi connectivity index (χ0n) is 15.2. The summed E-state index contributed by atoms with van der Waals surface area (Å²) < 4.78 is 29.3. The molecule has 26 heavy (non-hydrogen) atoms. The summed E-state index contributed by atoms with van der Waals surface area (Å²) in [7, 11) is -3.94. The molecule has 1 aromatic carbocycles. The maximum absolute atomic E-state index is 12.8. The van der Waals surface area contributed by atoms with Gasteiger partial charge in [-0.3, -0.25) is 9.20 Å². The van der Waals surface area contributed by atoms with Gasteiger partial charge < -0.3 is 0 Å². The predicted molar refractivity (Wildman–Crippen MR) is 104 cm³/mol. The highest BCUT2D eigenvalue weighted by Gasteiger charge is 2.25. The normalized spacial score (nSPS) is 12.0. The van der Waals surface area contributed by atoms with Crippen LogP contribution in [0, 0.1) is 27.7 Å². The summed E-state index contributed by atoms with van der Waals surface area (Å²) in [5.74, 6) is 0. The molecule has 0 amide bonds. The van der Waals surface area contributed by atoms with Crippen molar-refractivity contribution in [3.05, 3.63) is 62.0 Å². The van der Waals surface area contributed by atoms with Gasteiger partial charge in [0.2, 0.25) is 10.0 Å². The second-order valence-electron chi connectivity index (χ2n) is 6.33. The number of nitrogens with one attached hydrogen (secondary N) is 1. The number of thiazole rings is 1. The maximum atomic E-state index is 12.8. The van der Waals surface area contributed by atoms with Crippen molar-refractivity contribution >= 4 is 26.3 Å². The Bertz CT molecular complexity index is 1130. The topological polar surface area (TPSA) is 80.5 Å². The van der Waals surface area contributed by atoms with Crippen molar-refractivity contribution < 1.29 is 8.42 Å². The van der Waals surface area contributed by atoms with Crippen LogP contribution in [0.1, 0.15) is 27.4 Å². The summed E-state index contributed by atoms with van der Waals surface area (Å²) >= 11 is 1.38. The first-order chi connectivity index (χ1) is 12.2. The van der Waals surface area contributed by atoms with Gasteiger partial charge in [0.25, 0.3) is 5.56 Å². The second kappa shape index (κ2) is 6.94. The Morgan fingerprint density at radius 1 is 1.12 bits per heavy atom. The molecule has 0 aliphatic rings. The van der Waals surface area contributed by atoms with E-state index >= 15 is 0 Å². The minimum atomic E-state index is -3.94. The minimum Gasteiger partial charge on any atom is -0.267 e. The van der Waals surface area contributed by atoms with Crippen LogP contribution in [0.3, 0.4) is 0 Å². The molecule has 0 saturated heterocycles. The van der Waals surface area contributed by atoms with E-state index < -0.39 is 15.6 Å². The van der Waals surface area contributed by atoms with Crippen molar-refractivity contribution in [2.75, 3.05) is 6.54 Å². The van der Waals surface area contributed by atoms with Gasteiger partial charge in [-0.05, 0) is 39.7 Å². The third-order valence-electron chi connectivity index (χ3n) is 4.36. The van der Waals surface area contributed by atoms with Gasteiger partial charge in [-0.15, -0.1) is 11.3 Å². The molecular weight excluding hydrogens is 370 g/mol. The summed E-state index contributed by atoms with van der Waals surface area (Å²) in [5, 5.41) is 0. The molecule has 2 aromatic heterocycles. The van der Waals surface area contributed by atoms with Gasteiger partial charge in [0, 0.05) is 17.1 Å². The number of benzene rings is 1. The number of fused-ring (bicyclic) bond motifs is 1. The Hall–Kier alpha value is -2.03. The van der Waals surface area contributed by atoms with Crippen molar-refractivity contribution in [1.82, 2.24) is 14.1 Å². The number of aryl methyl sites for hydroxylation is 4. The van der Waals surface area contributed by atoms with E-state index in [9.17, 15) is 13.2 Å². The van der Waals surface area contributed by atoms with Crippen LogP contribution in [0.15, 0.2) is 34.0 Å². The van der Waals surface area contributed by atoms with Gasteiger partial charge >= 0.3 is 0 Å². The minimum absolute atomic E-state index is 0.217. The number of sulfonamides is 1. The van der Waals surface area contributed by atoms with Crippen LogP contribution in [-0.2, 0) is 16.4 Å². The van der Waals surface area contributed by atoms with Crippen LogP contribution in [-0.4, -0.2) is 24.3 Å².